The molecule has 2 nitrogen and oxygen atoms in total. The molecule has 0 amide bonds. The first kappa shape index (κ1) is 14.3. The van der Waals surface area contributed by atoms with Crippen molar-refractivity contribution in [1.82, 2.24) is 9.55 Å². The number of para-hydroxylation sites is 1. The maximum atomic E-state index is 13.6. The minimum atomic E-state index is -0.231. The molecule has 1 aromatic heterocycles. The van der Waals surface area contributed by atoms with Gasteiger partial charge in [0.15, 0.2) is 4.77 Å². The molecule has 0 bridgehead atoms. The van der Waals surface area contributed by atoms with Gasteiger partial charge in [0.25, 0.3) is 0 Å². The molecule has 1 N–H and O–H groups in total. The Balaban J connectivity index is 1.99. The molecule has 0 unspecified atom stereocenters. The van der Waals surface area contributed by atoms with Crippen molar-refractivity contribution in [3.63, 3.8) is 0 Å². The van der Waals surface area contributed by atoms with Crippen molar-refractivity contribution < 1.29 is 4.39 Å². The van der Waals surface area contributed by atoms with E-state index in [1.54, 1.807) is 6.07 Å². The number of aromatic amines is 1. The molecule has 0 spiro atoms. The van der Waals surface area contributed by atoms with Crippen molar-refractivity contribution in [2.24, 2.45) is 0 Å². The molecule has 0 saturated carbocycles. The van der Waals surface area contributed by atoms with Gasteiger partial charge in [0, 0.05) is 6.54 Å². The van der Waals surface area contributed by atoms with Gasteiger partial charge in [-0.1, -0.05) is 45.1 Å². The molecular formula is C15H21FN2S. The Kier molecular flexibility index (Phi) is 5.14. The van der Waals surface area contributed by atoms with Gasteiger partial charge in [-0.05, 0) is 30.8 Å². The molecule has 0 saturated heterocycles. The van der Waals surface area contributed by atoms with Gasteiger partial charge in [-0.3, -0.25) is 0 Å². The third-order valence-corrected chi connectivity index (χ3v) is 3.82. The SMILES string of the molecule is CCCCCCCCn1c(=S)[nH]c2c(F)cccc21. The molecule has 0 aliphatic carbocycles. The molecule has 2 aromatic rings. The first-order chi connectivity index (χ1) is 9.24. The van der Waals surface area contributed by atoms with E-state index < -0.39 is 0 Å². The van der Waals surface area contributed by atoms with Crippen LogP contribution in [-0.4, -0.2) is 9.55 Å². The highest BCUT2D eigenvalue weighted by molar-refractivity contribution is 7.71. The normalized spacial score (nSPS) is 11.3. The smallest absolute Gasteiger partial charge is 0.178 e. The number of nitrogens with zero attached hydrogens (tertiary/aromatic N) is 1. The molecule has 0 atom stereocenters. The second-order valence-electron chi connectivity index (χ2n) is 4.98. The quantitative estimate of drug-likeness (QED) is 0.546. The molecule has 0 radical (unpaired) electrons. The number of rotatable bonds is 7. The zero-order chi connectivity index (χ0) is 13.7. The van der Waals surface area contributed by atoms with Crippen molar-refractivity contribution >= 4 is 23.3 Å². The first-order valence-corrected chi connectivity index (χ1v) is 7.52. The van der Waals surface area contributed by atoms with Crippen LogP contribution in [0, 0.1) is 10.6 Å². The van der Waals surface area contributed by atoms with Crippen molar-refractivity contribution in [3.8, 4) is 0 Å². The average Bonchev–Trinajstić information content (AvgIpc) is 2.72. The van der Waals surface area contributed by atoms with E-state index in [0.717, 1.165) is 18.5 Å². The first-order valence-electron chi connectivity index (χ1n) is 7.11. The fourth-order valence-electron chi connectivity index (χ4n) is 2.42. The molecule has 19 heavy (non-hydrogen) atoms. The molecule has 0 fully saturated rings. The van der Waals surface area contributed by atoms with Crippen LogP contribution >= 0.6 is 12.2 Å². The number of unbranched alkanes of at least 4 members (excludes halogenated alkanes) is 5. The Morgan fingerprint density at radius 1 is 1.16 bits per heavy atom. The van der Waals surface area contributed by atoms with Gasteiger partial charge in [-0.15, -0.1) is 0 Å². The molecule has 0 aliphatic heterocycles. The number of H-pyrrole nitrogens is 1. The summed E-state index contributed by atoms with van der Waals surface area (Å²) in [7, 11) is 0. The third-order valence-electron chi connectivity index (χ3n) is 3.49. The lowest BCUT2D eigenvalue weighted by Gasteiger charge is -2.04. The van der Waals surface area contributed by atoms with Gasteiger partial charge in [0.05, 0.1) is 5.52 Å². The summed E-state index contributed by atoms with van der Waals surface area (Å²) in [5.74, 6) is -0.231. The number of aryl methyl sites for hydroxylation is 1. The highest BCUT2D eigenvalue weighted by atomic mass is 32.1. The van der Waals surface area contributed by atoms with E-state index >= 15 is 0 Å². The zero-order valence-corrected chi connectivity index (χ0v) is 12.2. The van der Waals surface area contributed by atoms with Crippen LogP contribution in [0.1, 0.15) is 45.4 Å². The van der Waals surface area contributed by atoms with Crippen molar-refractivity contribution in [2.75, 3.05) is 0 Å². The Morgan fingerprint density at radius 3 is 2.68 bits per heavy atom. The second kappa shape index (κ2) is 6.85. The van der Waals surface area contributed by atoms with Gasteiger partial charge in [-0.2, -0.15) is 0 Å². The summed E-state index contributed by atoms with van der Waals surface area (Å²) < 4.78 is 16.2. The van der Waals surface area contributed by atoms with Crippen molar-refractivity contribution in [2.45, 2.75) is 52.0 Å². The van der Waals surface area contributed by atoms with Crippen LogP contribution in [-0.2, 0) is 6.54 Å². The fourth-order valence-corrected chi connectivity index (χ4v) is 2.71. The van der Waals surface area contributed by atoms with Crippen LogP contribution in [0.2, 0.25) is 0 Å². The van der Waals surface area contributed by atoms with Gasteiger partial charge in [-0.25, -0.2) is 4.39 Å². The number of imidazole rings is 1. The van der Waals surface area contributed by atoms with Crippen molar-refractivity contribution in [1.29, 1.82) is 0 Å². The molecule has 1 aromatic carbocycles. The minimum absolute atomic E-state index is 0.231. The van der Waals surface area contributed by atoms with Crippen LogP contribution in [0.4, 0.5) is 4.39 Å². The van der Waals surface area contributed by atoms with E-state index in [-0.39, 0.29) is 5.82 Å². The summed E-state index contributed by atoms with van der Waals surface area (Å²) >= 11 is 5.27. The molecule has 104 valence electrons. The Hall–Kier alpha value is -1.16. The summed E-state index contributed by atoms with van der Waals surface area (Å²) in [4.78, 5) is 2.96. The predicted molar refractivity (Wildman–Crippen MR) is 80.5 cm³/mol. The lowest BCUT2D eigenvalue weighted by atomic mass is 10.1. The van der Waals surface area contributed by atoms with E-state index in [4.69, 9.17) is 12.2 Å². The lowest BCUT2D eigenvalue weighted by Crippen LogP contribution is -1.98. The molecule has 4 heteroatoms. The number of halogens is 1. The molecule has 1 heterocycles. The largest absolute Gasteiger partial charge is 0.328 e. The van der Waals surface area contributed by atoms with E-state index in [1.165, 1.54) is 38.2 Å². The highest BCUT2D eigenvalue weighted by Gasteiger charge is 2.07. The maximum Gasteiger partial charge on any atom is 0.178 e. The van der Waals surface area contributed by atoms with Crippen LogP contribution in [0.3, 0.4) is 0 Å². The van der Waals surface area contributed by atoms with E-state index in [9.17, 15) is 4.39 Å². The van der Waals surface area contributed by atoms with Gasteiger partial charge in [0.2, 0.25) is 0 Å². The molecule has 0 aliphatic rings. The standard InChI is InChI=1S/C15H21FN2S/c1-2-3-4-5-6-7-11-18-13-10-8-9-12(16)14(13)17-15(18)19/h8-10H,2-7,11H2,1H3,(H,17,19). The van der Waals surface area contributed by atoms with Crippen LogP contribution < -0.4 is 0 Å². The molecule has 2 rings (SSSR count). The topological polar surface area (TPSA) is 20.7 Å². The summed E-state index contributed by atoms with van der Waals surface area (Å²) in [6.45, 7) is 3.09. The number of hydrogen-bond donors (Lipinski definition) is 1. The number of fused-ring (bicyclic) bond motifs is 1. The van der Waals surface area contributed by atoms with E-state index in [1.807, 2.05) is 10.6 Å². The monoisotopic (exact) mass is 280 g/mol. The third kappa shape index (κ3) is 3.44. The second-order valence-corrected chi connectivity index (χ2v) is 5.37. The predicted octanol–water partition coefficient (Wildman–Crippen LogP) is 5.20. The van der Waals surface area contributed by atoms with E-state index in [2.05, 4.69) is 11.9 Å². The number of benzene rings is 1. The number of nitrogens with one attached hydrogen (secondary N) is 1. The van der Waals surface area contributed by atoms with Crippen LogP contribution in [0.15, 0.2) is 18.2 Å². The minimum Gasteiger partial charge on any atom is -0.328 e. The Morgan fingerprint density at radius 2 is 1.89 bits per heavy atom. The fraction of sp³-hybridized carbons (Fsp3) is 0.533. The zero-order valence-electron chi connectivity index (χ0n) is 11.4. The Labute approximate surface area is 118 Å². The number of aromatic nitrogens is 2. The van der Waals surface area contributed by atoms with E-state index in [0.29, 0.717) is 10.3 Å². The lowest BCUT2D eigenvalue weighted by molar-refractivity contribution is 0.561. The van der Waals surface area contributed by atoms with Crippen molar-refractivity contribution in [3.05, 3.63) is 28.8 Å². The summed E-state index contributed by atoms with van der Waals surface area (Å²) in [5.41, 5.74) is 1.40. The van der Waals surface area contributed by atoms with Gasteiger partial charge >= 0.3 is 0 Å². The molecular weight excluding hydrogens is 259 g/mol. The summed E-state index contributed by atoms with van der Waals surface area (Å²) in [6, 6.07) is 5.11. The number of hydrogen-bond acceptors (Lipinski definition) is 1. The average molecular weight is 280 g/mol. The highest BCUT2D eigenvalue weighted by Crippen LogP contribution is 2.18. The van der Waals surface area contributed by atoms with Crippen LogP contribution in [0.5, 0.6) is 0 Å². The summed E-state index contributed by atoms with van der Waals surface area (Å²) in [5, 5.41) is 0. The van der Waals surface area contributed by atoms with Gasteiger partial charge < -0.3 is 9.55 Å². The summed E-state index contributed by atoms with van der Waals surface area (Å²) in [6.07, 6.45) is 7.48. The van der Waals surface area contributed by atoms with Crippen LogP contribution in [0.25, 0.3) is 11.0 Å². The maximum absolute atomic E-state index is 13.6. The Bertz CT molecular complexity index is 585. The van der Waals surface area contributed by atoms with Gasteiger partial charge in [0.1, 0.15) is 11.3 Å².